The van der Waals surface area contributed by atoms with Crippen LogP contribution in [0.3, 0.4) is 0 Å². The molecular weight excluding hydrogens is 663 g/mol. The largest absolute Gasteiger partial charge is 0.250 e. The van der Waals surface area contributed by atoms with Crippen LogP contribution >= 0.6 is 11.3 Å². The Morgan fingerprint density at radius 1 is 0.509 bits per heavy atom. The van der Waals surface area contributed by atoms with E-state index in [0.717, 1.165) is 44.7 Å². The van der Waals surface area contributed by atoms with Gasteiger partial charge in [-0.15, -0.1) is 11.3 Å². The zero-order valence-corrected chi connectivity index (χ0v) is 30.7. The van der Waals surface area contributed by atoms with E-state index in [9.17, 15) is 0 Å². The molecule has 0 N–H and O–H groups in total. The number of aromatic nitrogens is 3. The fourth-order valence-corrected chi connectivity index (χ4v) is 8.86. The monoisotopic (exact) mass is 699 g/mol. The van der Waals surface area contributed by atoms with Gasteiger partial charge in [-0.1, -0.05) is 153 Å². The molecule has 0 fully saturated rings. The molecule has 0 bridgehead atoms. The molecule has 0 spiro atoms. The number of benzene rings is 6. The molecule has 0 saturated heterocycles. The molecule has 53 heavy (non-hydrogen) atoms. The SMILES string of the molecule is Cc1ccccc1-c1ccccc1C(C)c1nc2c(sc3ccc(-c4cc(-c5ccccc5)nc(-c5ccccc5)n4)cc32)c(-c2ccccc2)c1C. The van der Waals surface area contributed by atoms with Crippen LogP contribution in [-0.4, -0.2) is 15.0 Å². The number of fused-ring (bicyclic) bond motifs is 3. The average Bonchev–Trinajstić information content (AvgIpc) is 3.58. The minimum absolute atomic E-state index is 0.0551. The van der Waals surface area contributed by atoms with Crippen molar-refractivity contribution in [2.45, 2.75) is 26.7 Å². The Bertz CT molecular complexity index is 2700. The van der Waals surface area contributed by atoms with Crippen molar-refractivity contribution in [1.82, 2.24) is 15.0 Å². The van der Waals surface area contributed by atoms with Gasteiger partial charge in [0.1, 0.15) is 0 Å². The summed E-state index contributed by atoms with van der Waals surface area (Å²) in [5.74, 6) is 0.764. The predicted molar refractivity (Wildman–Crippen MR) is 223 cm³/mol. The van der Waals surface area contributed by atoms with E-state index in [1.807, 2.05) is 35.6 Å². The van der Waals surface area contributed by atoms with Crippen LogP contribution in [0.5, 0.6) is 0 Å². The van der Waals surface area contributed by atoms with Crippen LogP contribution in [0.1, 0.15) is 35.2 Å². The molecular formula is C49H37N3S. The van der Waals surface area contributed by atoms with Gasteiger partial charge < -0.3 is 0 Å². The number of nitrogens with zero attached hydrogens (tertiary/aromatic N) is 3. The van der Waals surface area contributed by atoms with Gasteiger partial charge >= 0.3 is 0 Å². The highest BCUT2D eigenvalue weighted by atomic mass is 32.1. The fourth-order valence-electron chi connectivity index (χ4n) is 7.61. The highest BCUT2D eigenvalue weighted by Gasteiger charge is 2.24. The van der Waals surface area contributed by atoms with E-state index in [-0.39, 0.29) is 5.92 Å². The number of hydrogen-bond donors (Lipinski definition) is 0. The quantitative estimate of drug-likeness (QED) is 0.166. The molecule has 254 valence electrons. The minimum Gasteiger partial charge on any atom is -0.250 e. The summed E-state index contributed by atoms with van der Waals surface area (Å²) < 4.78 is 2.42. The standard InChI is InChI=1S/C49H37N3S/c1-31-17-13-14-24-38(31)40-26-16-15-25-39(40)32(2)46-33(3)45(35-20-9-5-10-21-35)48-47(52-46)41-29-37(27-28-44(41)53-48)43-30-42(34-18-7-4-8-19-34)50-49(51-43)36-22-11-6-12-23-36/h4-30,32H,1-3H3. The molecule has 0 saturated carbocycles. The third-order valence-electron chi connectivity index (χ3n) is 10.3. The van der Waals surface area contributed by atoms with Gasteiger partial charge in [0, 0.05) is 38.3 Å². The van der Waals surface area contributed by atoms with E-state index in [2.05, 4.69) is 160 Å². The Balaban J connectivity index is 1.26. The summed E-state index contributed by atoms with van der Waals surface area (Å²) in [4.78, 5) is 15.8. The molecule has 9 aromatic rings. The van der Waals surface area contributed by atoms with E-state index >= 15 is 0 Å². The normalized spacial score (nSPS) is 12.0. The highest BCUT2D eigenvalue weighted by Crippen LogP contribution is 2.45. The molecule has 6 aromatic carbocycles. The van der Waals surface area contributed by atoms with E-state index in [1.165, 1.54) is 48.3 Å². The van der Waals surface area contributed by atoms with E-state index in [1.54, 1.807) is 0 Å². The summed E-state index contributed by atoms with van der Waals surface area (Å²) in [6, 6.07) is 57.7. The molecule has 0 aliphatic rings. The number of pyridine rings is 1. The van der Waals surface area contributed by atoms with Crippen molar-refractivity contribution in [1.29, 1.82) is 0 Å². The van der Waals surface area contributed by atoms with Crippen molar-refractivity contribution in [3.05, 3.63) is 186 Å². The molecule has 4 heteroatoms. The maximum Gasteiger partial charge on any atom is 0.160 e. The molecule has 0 amide bonds. The van der Waals surface area contributed by atoms with Gasteiger partial charge in [0.2, 0.25) is 0 Å². The van der Waals surface area contributed by atoms with Crippen molar-refractivity contribution in [2.75, 3.05) is 0 Å². The van der Waals surface area contributed by atoms with Crippen LogP contribution in [0.4, 0.5) is 0 Å². The van der Waals surface area contributed by atoms with Gasteiger partial charge in [-0.3, -0.25) is 4.98 Å². The van der Waals surface area contributed by atoms with Crippen molar-refractivity contribution in [3.63, 3.8) is 0 Å². The lowest BCUT2D eigenvalue weighted by molar-refractivity contribution is 0.871. The number of hydrogen-bond acceptors (Lipinski definition) is 4. The highest BCUT2D eigenvalue weighted by molar-refractivity contribution is 7.26. The summed E-state index contributed by atoms with van der Waals surface area (Å²) in [7, 11) is 0. The second-order valence-corrected chi connectivity index (χ2v) is 14.7. The lowest BCUT2D eigenvalue weighted by Gasteiger charge is -2.21. The van der Waals surface area contributed by atoms with Crippen molar-refractivity contribution in [2.24, 2.45) is 0 Å². The minimum atomic E-state index is 0.0551. The first-order valence-electron chi connectivity index (χ1n) is 18.1. The second kappa shape index (κ2) is 13.7. The predicted octanol–water partition coefficient (Wildman–Crippen LogP) is 13.3. The van der Waals surface area contributed by atoms with Crippen LogP contribution < -0.4 is 0 Å². The van der Waals surface area contributed by atoms with Crippen LogP contribution in [0, 0.1) is 13.8 Å². The Kier molecular flexibility index (Phi) is 8.46. The number of thiophene rings is 1. The smallest absolute Gasteiger partial charge is 0.160 e. The van der Waals surface area contributed by atoms with Crippen LogP contribution in [0.15, 0.2) is 164 Å². The summed E-state index contributed by atoms with van der Waals surface area (Å²) in [5.41, 5.74) is 15.8. The molecule has 1 atom stereocenters. The number of aryl methyl sites for hydroxylation is 1. The zero-order chi connectivity index (χ0) is 35.9. The summed E-state index contributed by atoms with van der Waals surface area (Å²) in [6.45, 7) is 6.76. The van der Waals surface area contributed by atoms with E-state index in [4.69, 9.17) is 15.0 Å². The molecule has 9 rings (SSSR count). The fraction of sp³-hybridized carbons (Fsp3) is 0.0816. The lowest BCUT2D eigenvalue weighted by atomic mass is 9.85. The van der Waals surface area contributed by atoms with E-state index in [0.29, 0.717) is 5.82 Å². The Morgan fingerprint density at radius 2 is 1.09 bits per heavy atom. The second-order valence-electron chi connectivity index (χ2n) is 13.7. The van der Waals surface area contributed by atoms with Crippen molar-refractivity contribution < 1.29 is 0 Å². The van der Waals surface area contributed by atoms with Gasteiger partial charge in [-0.25, -0.2) is 9.97 Å². The molecule has 3 nitrogen and oxygen atoms in total. The third-order valence-corrected chi connectivity index (χ3v) is 11.5. The van der Waals surface area contributed by atoms with Gasteiger partial charge in [-0.2, -0.15) is 0 Å². The van der Waals surface area contributed by atoms with Gasteiger partial charge in [-0.05, 0) is 65.4 Å². The average molecular weight is 700 g/mol. The van der Waals surface area contributed by atoms with Crippen molar-refractivity contribution in [3.8, 4) is 56.2 Å². The van der Waals surface area contributed by atoms with Crippen LogP contribution in [0.2, 0.25) is 0 Å². The Hall–Kier alpha value is -6.23. The van der Waals surface area contributed by atoms with Crippen LogP contribution in [-0.2, 0) is 0 Å². The summed E-state index contributed by atoms with van der Waals surface area (Å²) in [6.07, 6.45) is 0. The van der Waals surface area contributed by atoms with E-state index < -0.39 is 0 Å². The molecule has 0 aliphatic heterocycles. The first-order chi connectivity index (χ1) is 26.0. The molecule has 3 aromatic heterocycles. The summed E-state index contributed by atoms with van der Waals surface area (Å²) >= 11 is 1.82. The third kappa shape index (κ3) is 6.01. The zero-order valence-electron chi connectivity index (χ0n) is 29.9. The molecule has 1 unspecified atom stereocenters. The first kappa shape index (κ1) is 32.7. The maximum absolute atomic E-state index is 5.63. The Labute approximate surface area is 314 Å². The number of rotatable bonds is 7. The molecule has 0 aliphatic carbocycles. The van der Waals surface area contributed by atoms with Gasteiger partial charge in [0.05, 0.1) is 27.3 Å². The van der Waals surface area contributed by atoms with Gasteiger partial charge in [0.15, 0.2) is 5.82 Å². The first-order valence-corrected chi connectivity index (χ1v) is 18.9. The Morgan fingerprint density at radius 3 is 1.79 bits per heavy atom. The van der Waals surface area contributed by atoms with Gasteiger partial charge in [0.25, 0.3) is 0 Å². The summed E-state index contributed by atoms with van der Waals surface area (Å²) in [5, 5.41) is 1.14. The lowest BCUT2D eigenvalue weighted by Crippen LogP contribution is -2.06. The molecule has 3 heterocycles. The van der Waals surface area contributed by atoms with Crippen LogP contribution in [0.25, 0.3) is 76.5 Å². The maximum atomic E-state index is 5.63. The molecule has 0 radical (unpaired) electrons. The van der Waals surface area contributed by atoms with Crippen molar-refractivity contribution >= 4 is 31.6 Å². The topological polar surface area (TPSA) is 38.7 Å².